The van der Waals surface area contributed by atoms with Crippen molar-refractivity contribution in [3.8, 4) is 0 Å². The molecule has 0 heterocycles. The maximum atomic E-state index is 12.6. The number of carbonyl (C=O) groups excluding carboxylic acids is 1. The van der Waals surface area contributed by atoms with Gasteiger partial charge in [0.05, 0.1) is 0 Å². The second kappa shape index (κ2) is 4.56. The van der Waals surface area contributed by atoms with Gasteiger partial charge in [0, 0.05) is 11.8 Å². The number of ketones is 1. The van der Waals surface area contributed by atoms with E-state index in [1.807, 2.05) is 0 Å². The fourth-order valence-electron chi connectivity index (χ4n) is 0.940. The van der Waals surface area contributed by atoms with E-state index in [4.69, 9.17) is 0 Å². The molecule has 0 fully saturated rings. The van der Waals surface area contributed by atoms with Crippen LogP contribution in [0.3, 0.4) is 0 Å². The lowest BCUT2D eigenvalue weighted by molar-refractivity contribution is 0.101. The van der Waals surface area contributed by atoms with Crippen molar-refractivity contribution in [2.45, 2.75) is 3.26 Å². The van der Waals surface area contributed by atoms with Gasteiger partial charge in [0.2, 0.25) is 0 Å². The molecule has 0 unspecified atom stereocenters. The summed E-state index contributed by atoms with van der Waals surface area (Å²) in [5, 5.41) is 0. The summed E-state index contributed by atoms with van der Waals surface area (Å²) in [6.45, 7) is 0. The van der Waals surface area contributed by atoms with Gasteiger partial charge in [-0.15, -0.1) is 0 Å². The second-order valence-corrected chi connectivity index (χ2v) is 7.24. The van der Waals surface area contributed by atoms with Crippen LogP contribution in [0.15, 0.2) is 24.3 Å². The Hall–Kier alpha value is -0.500. The molecule has 0 aromatic heterocycles. The lowest BCUT2D eigenvalue weighted by atomic mass is 10.1. The predicted octanol–water partition coefficient (Wildman–Crippen LogP) is 1.81. The number of alkyl halides is 1. The highest BCUT2D eigenvalue weighted by molar-refractivity contribution is 14.1. The third-order valence-corrected chi connectivity index (χ3v) is 6.01. The van der Waals surface area contributed by atoms with Crippen LogP contribution in [0.4, 0.5) is 4.39 Å². The van der Waals surface area contributed by atoms with Crippen molar-refractivity contribution < 1.29 is 17.6 Å². The molecule has 0 aliphatic rings. The Morgan fingerprint density at radius 2 is 1.80 bits per heavy atom. The number of sulfone groups is 1. The molecule has 0 amide bonds. The number of carbonyl (C=O) groups is 1. The van der Waals surface area contributed by atoms with Crippen LogP contribution in [-0.4, -0.2) is 23.7 Å². The number of hydrogen-bond donors (Lipinski definition) is 0. The first kappa shape index (κ1) is 12.6. The molecule has 1 rings (SSSR count). The van der Waals surface area contributed by atoms with Gasteiger partial charge in [-0.25, -0.2) is 12.8 Å². The van der Waals surface area contributed by atoms with Crippen molar-refractivity contribution in [2.24, 2.45) is 0 Å². The summed E-state index contributed by atoms with van der Waals surface area (Å²) in [5.41, 5.74) is 0.196. The Balaban J connectivity index is 3.01. The molecule has 0 aliphatic heterocycles. The molecule has 0 N–H and O–H groups in total. The monoisotopic (exact) mass is 342 g/mol. The summed E-state index contributed by atoms with van der Waals surface area (Å²) < 4.78 is 33.7. The largest absolute Gasteiger partial charge is 0.292 e. The maximum Gasteiger partial charge on any atom is 0.190 e. The van der Waals surface area contributed by atoms with Gasteiger partial charge in [-0.3, -0.25) is 4.79 Å². The predicted molar refractivity (Wildman–Crippen MR) is 63.4 cm³/mol. The molecule has 0 spiro atoms. The number of Topliss-reactive ketones (excluding diaryl/α,β-unsaturated/α-hetero) is 1. The molecule has 82 valence electrons. The number of benzene rings is 1. The Morgan fingerprint density at radius 1 is 1.33 bits per heavy atom. The lowest BCUT2D eigenvalue weighted by Crippen LogP contribution is -2.23. The van der Waals surface area contributed by atoms with Crippen LogP contribution in [0.5, 0.6) is 0 Å². The Morgan fingerprint density at radius 3 is 2.20 bits per heavy atom. The number of hydrogen-bond acceptors (Lipinski definition) is 3. The van der Waals surface area contributed by atoms with Crippen LogP contribution in [0.2, 0.25) is 0 Å². The van der Waals surface area contributed by atoms with Gasteiger partial charge >= 0.3 is 0 Å². The highest BCUT2D eigenvalue weighted by atomic mass is 127. The standard InChI is InChI=1S/C9H8FIO3S/c1-15(13,14)9(11)8(12)6-2-4-7(10)5-3-6/h2-5,9H,1H3/t9-/m1/s1. The fourth-order valence-corrected chi connectivity index (χ4v) is 1.82. The van der Waals surface area contributed by atoms with Gasteiger partial charge in [0.25, 0.3) is 0 Å². The van der Waals surface area contributed by atoms with E-state index in [0.717, 1.165) is 18.4 Å². The molecule has 0 aliphatic carbocycles. The van der Waals surface area contributed by atoms with Crippen molar-refractivity contribution in [1.82, 2.24) is 0 Å². The average molecular weight is 342 g/mol. The molecule has 1 aromatic carbocycles. The highest BCUT2D eigenvalue weighted by Crippen LogP contribution is 2.16. The van der Waals surface area contributed by atoms with Crippen LogP contribution in [0.25, 0.3) is 0 Å². The summed E-state index contributed by atoms with van der Waals surface area (Å²) in [7, 11) is -3.42. The maximum absolute atomic E-state index is 12.6. The molecular formula is C9H8FIO3S. The molecule has 15 heavy (non-hydrogen) atoms. The van der Waals surface area contributed by atoms with Gasteiger partial charge in [-0.1, -0.05) is 22.6 Å². The zero-order valence-electron chi connectivity index (χ0n) is 7.78. The van der Waals surface area contributed by atoms with Crippen molar-refractivity contribution in [3.05, 3.63) is 35.6 Å². The van der Waals surface area contributed by atoms with Crippen molar-refractivity contribution in [3.63, 3.8) is 0 Å². The van der Waals surface area contributed by atoms with Crippen LogP contribution in [0.1, 0.15) is 10.4 Å². The summed E-state index contributed by atoms with van der Waals surface area (Å²) in [5.74, 6) is -0.992. The van der Waals surface area contributed by atoms with E-state index in [9.17, 15) is 17.6 Å². The third-order valence-electron chi connectivity index (χ3n) is 1.71. The van der Waals surface area contributed by atoms with Gasteiger partial charge in [-0.2, -0.15) is 0 Å². The molecule has 0 saturated carbocycles. The van der Waals surface area contributed by atoms with Gasteiger partial charge in [0.15, 0.2) is 18.9 Å². The Labute approximate surface area is 101 Å². The van der Waals surface area contributed by atoms with E-state index < -0.39 is 24.7 Å². The smallest absolute Gasteiger partial charge is 0.190 e. The van der Waals surface area contributed by atoms with Crippen LogP contribution in [-0.2, 0) is 9.84 Å². The van der Waals surface area contributed by atoms with Crippen LogP contribution >= 0.6 is 22.6 Å². The first-order chi connectivity index (χ1) is 6.82. The van der Waals surface area contributed by atoms with Crippen molar-refractivity contribution >= 4 is 38.2 Å². The molecule has 0 radical (unpaired) electrons. The minimum atomic E-state index is -3.42. The molecule has 3 nitrogen and oxygen atoms in total. The van der Waals surface area contributed by atoms with Gasteiger partial charge in [-0.05, 0) is 24.3 Å². The Kier molecular flexibility index (Phi) is 3.82. The average Bonchev–Trinajstić information content (AvgIpc) is 2.15. The minimum Gasteiger partial charge on any atom is -0.292 e. The first-order valence-corrected chi connectivity index (χ1v) is 7.15. The number of rotatable bonds is 3. The van der Waals surface area contributed by atoms with E-state index in [1.165, 1.54) is 12.1 Å². The van der Waals surface area contributed by atoms with Gasteiger partial charge < -0.3 is 0 Å². The van der Waals surface area contributed by atoms with E-state index >= 15 is 0 Å². The molecule has 6 heteroatoms. The van der Waals surface area contributed by atoms with Crippen LogP contribution in [0, 0.1) is 5.82 Å². The van der Waals surface area contributed by atoms with Gasteiger partial charge in [0.1, 0.15) is 5.82 Å². The first-order valence-electron chi connectivity index (χ1n) is 3.95. The summed E-state index contributed by atoms with van der Waals surface area (Å²) in [4.78, 5) is 11.6. The zero-order valence-corrected chi connectivity index (χ0v) is 10.7. The third kappa shape index (κ3) is 3.23. The minimum absolute atomic E-state index is 0.196. The Bertz CT molecular complexity index is 467. The molecular weight excluding hydrogens is 334 g/mol. The SMILES string of the molecule is CS(=O)(=O)[C@@H](I)C(=O)c1ccc(F)cc1. The highest BCUT2D eigenvalue weighted by Gasteiger charge is 2.26. The summed E-state index contributed by atoms with van der Waals surface area (Å²) in [6.07, 6.45) is 0.992. The molecule has 0 saturated heterocycles. The molecule has 1 aromatic rings. The lowest BCUT2D eigenvalue weighted by Gasteiger charge is -2.06. The van der Waals surface area contributed by atoms with Crippen molar-refractivity contribution in [1.29, 1.82) is 0 Å². The normalized spacial score (nSPS) is 13.5. The quantitative estimate of drug-likeness (QED) is 0.478. The fraction of sp³-hybridized carbons (Fsp3) is 0.222. The van der Waals surface area contributed by atoms with E-state index in [2.05, 4.69) is 0 Å². The van der Waals surface area contributed by atoms with Crippen LogP contribution < -0.4 is 0 Å². The number of halogens is 2. The summed E-state index contributed by atoms with van der Waals surface area (Å²) >= 11 is 1.56. The topological polar surface area (TPSA) is 51.2 Å². The van der Waals surface area contributed by atoms with Crippen molar-refractivity contribution in [2.75, 3.05) is 6.26 Å². The zero-order chi connectivity index (χ0) is 11.6. The summed E-state index contributed by atoms with van der Waals surface area (Å²) in [6, 6.07) is 4.79. The van der Waals surface area contributed by atoms with E-state index in [-0.39, 0.29) is 5.56 Å². The van der Waals surface area contributed by atoms with E-state index in [0.29, 0.717) is 0 Å². The molecule has 0 bridgehead atoms. The van der Waals surface area contributed by atoms with E-state index in [1.54, 1.807) is 22.6 Å². The second-order valence-electron chi connectivity index (χ2n) is 3.02. The molecule has 1 atom stereocenters.